The van der Waals surface area contributed by atoms with Gasteiger partial charge in [0.05, 0.1) is 0 Å². The molecule has 18 heavy (non-hydrogen) atoms. The summed E-state index contributed by atoms with van der Waals surface area (Å²) in [7, 11) is 1.93. The first-order valence-corrected chi connectivity index (χ1v) is 4.14. The van der Waals surface area contributed by atoms with E-state index in [9.17, 15) is 4.79 Å². The number of carbonyl (C=O) groups is 1. The minimum absolute atomic E-state index is 0. The number of nitrogens with one attached hydrogen (secondary N) is 2. The molecule has 0 radical (unpaired) electrons. The highest BCUT2D eigenvalue weighted by Crippen LogP contribution is 1.70. The smallest absolute Gasteiger partial charge is 0.219 e. The van der Waals surface area contributed by atoms with Gasteiger partial charge in [0.1, 0.15) is 0 Å². The summed E-state index contributed by atoms with van der Waals surface area (Å²) in [5, 5.41) is 5.59. The van der Waals surface area contributed by atoms with Crippen LogP contribution >= 0.6 is 0 Å². The molecule has 4 heteroatoms. The Morgan fingerprint density at radius 2 is 1.11 bits per heavy atom. The first-order chi connectivity index (χ1) is 5.22. The van der Waals surface area contributed by atoms with Gasteiger partial charge in [-0.1, -0.05) is 58.4 Å². The van der Waals surface area contributed by atoms with Crippen LogP contribution in [0.25, 0.3) is 0 Å². The molecule has 0 heterocycles. The summed E-state index contributed by atoms with van der Waals surface area (Å²) in [6.07, 6.45) is 0.591. The molecule has 0 aromatic heterocycles. The second-order valence-corrected chi connectivity index (χ2v) is 2.01. The van der Waals surface area contributed by atoms with E-state index in [1.807, 2.05) is 20.9 Å². The van der Waals surface area contributed by atoms with Crippen molar-refractivity contribution in [2.24, 2.45) is 0 Å². The Bertz CT molecular complexity index is 89.9. The lowest BCUT2D eigenvalue weighted by atomic mass is 10.4. The predicted molar refractivity (Wildman–Crippen MR) is 100 cm³/mol. The largest absolute Gasteiger partial charge is 0.356 e. The second kappa shape index (κ2) is 69.7. The van der Waals surface area contributed by atoms with E-state index >= 15 is 0 Å². The Hall–Kier alpha value is -0.353. The molecule has 124 valence electrons. The average Bonchev–Trinajstić information content (AvgIpc) is 2.05. The molecule has 0 bridgehead atoms. The lowest BCUT2D eigenvalue weighted by molar-refractivity contribution is -0.120. The van der Waals surface area contributed by atoms with Crippen LogP contribution in [0.2, 0.25) is 0 Å². The zero-order valence-electron chi connectivity index (χ0n) is 8.03. The van der Waals surface area contributed by atoms with Gasteiger partial charge in [0, 0.05) is 13.0 Å². The average molecular weight is 289 g/mol. The maximum absolute atomic E-state index is 10.3. The normalized spacial score (nSPS) is 4.89. The van der Waals surface area contributed by atoms with Crippen molar-refractivity contribution in [3.63, 3.8) is 0 Å². The Kier molecular flexibility index (Phi) is 253. The summed E-state index contributed by atoms with van der Waals surface area (Å²) in [4.78, 5) is 10.3. The molecule has 0 aromatic rings. The molecule has 1 amide bonds. The summed E-state index contributed by atoms with van der Waals surface area (Å²) >= 11 is 0. The number of hydrogen-bond donors (Lipinski definition) is 2. The standard InChI is InChI=1S/C5H11NO.C3H9N.6CH4.H4Si/c1-3-5(7)6-4-2;1-3-4-2;;;;;;;/h3-4H2,1-2H3,(H,6,7);4H,3H2,1-2H3;7*1H4. The Morgan fingerprint density at radius 1 is 0.833 bits per heavy atom. The zero-order valence-corrected chi connectivity index (χ0v) is 8.03. The zero-order chi connectivity index (χ0) is 9.11. The highest BCUT2D eigenvalue weighted by atomic mass is 28.1. The van der Waals surface area contributed by atoms with Crippen LogP contribution in [0.3, 0.4) is 0 Å². The molecule has 0 fully saturated rings. The highest BCUT2D eigenvalue weighted by molar-refractivity contribution is 5.75. The van der Waals surface area contributed by atoms with Gasteiger partial charge >= 0.3 is 0 Å². The van der Waals surface area contributed by atoms with Crippen LogP contribution < -0.4 is 10.6 Å². The van der Waals surface area contributed by atoms with E-state index in [2.05, 4.69) is 17.6 Å². The minimum atomic E-state index is 0. The van der Waals surface area contributed by atoms with Crippen molar-refractivity contribution in [2.75, 3.05) is 20.1 Å². The molecule has 2 N–H and O–H groups in total. The quantitative estimate of drug-likeness (QED) is 0.784. The van der Waals surface area contributed by atoms with Crippen molar-refractivity contribution in [2.45, 2.75) is 71.8 Å². The monoisotopic (exact) mass is 288 g/mol. The van der Waals surface area contributed by atoms with Crippen LogP contribution in [0.4, 0.5) is 0 Å². The van der Waals surface area contributed by atoms with Gasteiger partial charge in [0.25, 0.3) is 0 Å². The van der Waals surface area contributed by atoms with Gasteiger partial charge in [0.15, 0.2) is 0 Å². The lowest BCUT2D eigenvalue weighted by Gasteiger charge is -1.93. The molecule has 0 unspecified atom stereocenters. The van der Waals surface area contributed by atoms with Crippen molar-refractivity contribution in [3.8, 4) is 0 Å². The molecule has 0 aliphatic carbocycles. The SMILES string of the molecule is C.C.C.C.C.C.CCNC.CCNC(=O)CC.[SiH4]. The molecule has 0 aliphatic rings. The van der Waals surface area contributed by atoms with Crippen molar-refractivity contribution < 1.29 is 4.79 Å². The van der Waals surface area contributed by atoms with E-state index in [0.717, 1.165) is 13.1 Å². The number of hydrogen-bond acceptors (Lipinski definition) is 2. The number of rotatable bonds is 3. The fraction of sp³-hybridized carbons (Fsp3) is 0.929. The summed E-state index contributed by atoms with van der Waals surface area (Å²) in [5.74, 6) is 0.127. The third-order valence-corrected chi connectivity index (χ3v) is 1.05. The molecule has 0 saturated carbocycles. The summed E-state index contributed by atoms with van der Waals surface area (Å²) in [5.41, 5.74) is 0. The predicted octanol–water partition coefficient (Wildman–Crippen LogP) is 3.12. The first kappa shape index (κ1) is 65.4. The second-order valence-electron chi connectivity index (χ2n) is 2.01. The van der Waals surface area contributed by atoms with E-state index in [0.29, 0.717) is 6.42 Å². The molecule has 0 aromatic carbocycles. The van der Waals surface area contributed by atoms with Crippen molar-refractivity contribution >= 4 is 16.9 Å². The van der Waals surface area contributed by atoms with Gasteiger partial charge in [-0.3, -0.25) is 4.79 Å². The summed E-state index contributed by atoms with van der Waals surface area (Å²) < 4.78 is 0. The van der Waals surface area contributed by atoms with Crippen LogP contribution in [0.1, 0.15) is 71.8 Å². The molecule has 0 atom stereocenters. The van der Waals surface area contributed by atoms with E-state index in [1.54, 1.807) is 0 Å². The third kappa shape index (κ3) is 105. The molecular weight excluding hydrogens is 240 g/mol. The van der Waals surface area contributed by atoms with Crippen LogP contribution in [-0.4, -0.2) is 37.0 Å². The molecule has 3 nitrogen and oxygen atoms in total. The lowest BCUT2D eigenvalue weighted by Crippen LogP contribution is -2.20. The molecule has 0 spiro atoms. The number of amides is 1. The fourth-order valence-corrected chi connectivity index (χ4v) is 0.322. The summed E-state index contributed by atoms with van der Waals surface area (Å²) in [6, 6.07) is 0. The van der Waals surface area contributed by atoms with Gasteiger partial charge in [0.2, 0.25) is 5.91 Å². The minimum Gasteiger partial charge on any atom is -0.356 e. The van der Waals surface area contributed by atoms with Gasteiger partial charge in [-0.05, 0) is 31.5 Å². The van der Waals surface area contributed by atoms with Crippen molar-refractivity contribution in [1.82, 2.24) is 10.6 Å². The Labute approximate surface area is 125 Å². The first-order valence-electron chi connectivity index (χ1n) is 4.14. The van der Waals surface area contributed by atoms with Crippen molar-refractivity contribution in [3.05, 3.63) is 0 Å². The van der Waals surface area contributed by atoms with Crippen LogP contribution in [0.5, 0.6) is 0 Å². The third-order valence-electron chi connectivity index (χ3n) is 1.05. The highest BCUT2D eigenvalue weighted by Gasteiger charge is 1.88. The Morgan fingerprint density at radius 3 is 1.17 bits per heavy atom. The van der Waals surface area contributed by atoms with E-state index in [4.69, 9.17) is 0 Å². The Balaban J connectivity index is -0.00000000977. The molecule has 0 rings (SSSR count). The van der Waals surface area contributed by atoms with Crippen LogP contribution in [0.15, 0.2) is 0 Å². The van der Waals surface area contributed by atoms with E-state index in [1.165, 1.54) is 0 Å². The number of carbonyl (C=O) groups excluding carboxylic acids is 1. The van der Waals surface area contributed by atoms with Gasteiger partial charge in [-0.2, -0.15) is 0 Å². The van der Waals surface area contributed by atoms with E-state index < -0.39 is 0 Å². The molecule has 0 aliphatic heterocycles. The van der Waals surface area contributed by atoms with Gasteiger partial charge in [-0.25, -0.2) is 0 Å². The van der Waals surface area contributed by atoms with Crippen LogP contribution in [0, 0.1) is 0 Å². The molecule has 0 saturated heterocycles. The van der Waals surface area contributed by atoms with Gasteiger partial charge < -0.3 is 10.6 Å². The van der Waals surface area contributed by atoms with Gasteiger partial charge in [-0.15, -0.1) is 0 Å². The van der Waals surface area contributed by atoms with E-state index in [-0.39, 0.29) is 61.4 Å². The maximum atomic E-state index is 10.3. The maximum Gasteiger partial charge on any atom is 0.219 e. The summed E-state index contributed by atoms with van der Waals surface area (Å²) in [6.45, 7) is 7.63. The van der Waals surface area contributed by atoms with Crippen molar-refractivity contribution in [1.29, 1.82) is 0 Å². The topological polar surface area (TPSA) is 41.1 Å². The fourth-order valence-electron chi connectivity index (χ4n) is 0.322. The molecular formula is C14H48N2OSi. The van der Waals surface area contributed by atoms with Crippen LogP contribution in [-0.2, 0) is 4.79 Å².